The van der Waals surface area contributed by atoms with Crippen molar-refractivity contribution in [3.05, 3.63) is 42.0 Å². The molecule has 4 saturated heterocycles. The van der Waals surface area contributed by atoms with E-state index < -0.39 is 78.4 Å². The van der Waals surface area contributed by atoms with Crippen molar-refractivity contribution in [1.29, 1.82) is 0 Å². The lowest BCUT2D eigenvalue weighted by Crippen LogP contribution is -2.62. The van der Waals surface area contributed by atoms with Crippen LogP contribution in [0, 0.1) is 5.92 Å². The number of ether oxygens (including phenoxy) is 1. The first-order valence-corrected chi connectivity index (χ1v) is 19.4. The van der Waals surface area contributed by atoms with Gasteiger partial charge in [0.1, 0.15) is 42.9 Å². The van der Waals surface area contributed by atoms with Gasteiger partial charge in [-0.1, -0.05) is 44.9 Å². The number of hydrogen-bond acceptors (Lipinski definition) is 9. The number of carbonyl (C=O) groups is 7. The minimum absolute atomic E-state index is 0.0467. The van der Waals surface area contributed by atoms with E-state index in [0.717, 1.165) is 12.8 Å². The van der Waals surface area contributed by atoms with Gasteiger partial charge in [0.25, 0.3) is 0 Å². The predicted octanol–water partition coefficient (Wildman–Crippen LogP) is 1.20. The highest BCUT2D eigenvalue weighted by molar-refractivity contribution is 5.98. The van der Waals surface area contributed by atoms with Crippen molar-refractivity contribution in [3.63, 3.8) is 0 Å². The van der Waals surface area contributed by atoms with Crippen molar-refractivity contribution in [3.8, 4) is 0 Å². The van der Waals surface area contributed by atoms with Crippen molar-refractivity contribution >= 4 is 47.1 Å². The second-order valence-corrected chi connectivity index (χ2v) is 15.0. The molecule has 294 valence electrons. The predicted molar refractivity (Wildman–Crippen MR) is 199 cm³/mol. The number of nitrogens with two attached hydrogens (primary N) is 1. The summed E-state index contributed by atoms with van der Waals surface area (Å²) in [4.78, 5) is 101. The van der Waals surface area contributed by atoms with E-state index in [0.29, 0.717) is 62.7 Å². The maximum absolute atomic E-state index is 14.4. The third kappa shape index (κ3) is 9.77. The molecule has 0 saturated carbocycles. The molecule has 15 nitrogen and oxygen atoms in total. The molecule has 1 aromatic rings. The van der Waals surface area contributed by atoms with Gasteiger partial charge in [0.05, 0.1) is 0 Å². The minimum Gasteiger partial charge on any atom is -0.461 e. The van der Waals surface area contributed by atoms with Crippen molar-refractivity contribution in [1.82, 2.24) is 30.7 Å². The molecule has 15 heteroatoms. The third-order valence-corrected chi connectivity index (χ3v) is 10.8. The lowest BCUT2D eigenvalue weighted by Gasteiger charge is -2.41. The topological polar surface area (TPSA) is 201 Å². The maximum atomic E-state index is 14.4. The molecule has 4 aliphatic heterocycles. The highest BCUT2D eigenvalue weighted by Gasteiger charge is 2.46. The van der Waals surface area contributed by atoms with E-state index in [4.69, 9.17) is 10.5 Å². The van der Waals surface area contributed by atoms with E-state index in [-0.39, 0.29) is 31.3 Å². The molecule has 0 aliphatic carbocycles. The summed E-state index contributed by atoms with van der Waals surface area (Å²) in [5.74, 6) is -3.74. The number of carbonyl (C=O) groups excluding carboxylic acids is 7. The van der Waals surface area contributed by atoms with Crippen LogP contribution in [0.3, 0.4) is 0 Å². The first kappa shape index (κ1) is 40.2. The van der Waals surface area contributed by atoms with Crippen LogP contribution >= 0.6 is 0 Å². The molecule has 0 spiro atoms. The van der Waals surface area contributed by atoms with E-state index >= 15 is 0 Å². The number of nitrogen functional groups attached to an aromatic ring is 1. The summed E-state index contributed by atoms with van der Waals surface area (Å²) in [7, 11) is 0. The number of unbranched alkanes of at least 4 members (excludes halogenated alkanes) is 2. The Bertz CT molecular complexity index is 1620. The Kier molecular flexibility index (Phi) is 13.7. The highest BCUT2D eigenvalue weighted by atomic mass is 16.5. The van der Waals surface area contributed by atoms with E-state index in [9.17, 15) is 33.6 Å². The molecule has 0 aromatic heterocycles. The van der Waals surface area contributed by atoms with Crippen LogP contribution in [0.2, 0.25) is 0 Å². The molecular formula is C39H55N7O8. The van der Waals surface area contributed by atoms with Crippen LogP contribution in [-0.4, -0.2) is 119 Å². The summed E-state index contributed by atoms with van der Waals surface area (Å²) in [5, 5.41) is 8.27. The van der Waals surface area contributed by atoms with Gasteiger partial charge in [-0.05, 0) is 81.6 Å². The molecule has 54 heavy (non-hydrogen) atoms. The number of anilines is 1. The number of rotatable bonds is 9. The fourth-order valence-electron chi connectivity index (χ4n) is 7.83. The minimum atomic E-state index is -1.42. The Morgan fingerprint density at radius 2 is 1.65 bits per heavy atom. The average molecular weight is 750 g/mol. The molecule has 4 heterocycles. The van der Waals surface area contributed by atoms with Crippen LogP contribution in [0.5, 0.6) is 0 Å². The molecular weight excluding hydrogens is 694 g/mol. The number of nitrogens with one attached hydrogen (secondary N) is 3. The number of fused-ring (bicyclic) bond motifs is 3. The van der Waals surface area contributed by atoms with Gasteiger partial charge in [0.15, 0.2) is 0 Å². The standard InChI is InChI=1S/C39H55N7O8/c1-4-5-6-7-15-33(47)42-28(22-26-11-8-12-27(40)21-26)34(48)43-29-23-54-39(53)31-14-10-18-45(31)36(50)25(3)41-35(49)32-20-24(2)16-19-46(32)38(52)30-13-9-17-44(30)37(29)51/h7-8,11-12,15,21,24-25,28-32H,4-6,9-10,13-14,16-20,22-23,40H2,1-3H3,(H,41,49)(H,42,47)(H,43,48)/b15-7+/t24?,25-,28-,29-,30-,31-,32-/m0/s1. The summed E-state index contributed by atoms with van der Waals surface area (Å²) >= 11 is 0. The summed E-state index contributed by atoms with van der Waals surface area (Å²) in [5.41, 5.74) is 7.14. The van der Waals surface area contributed by atoms with Gasteiger partial charge in [-0.25, -0.2) is 4.79 Å². The van der Waals surface area contributed by atoms with Gasteiger partial charge < -0.3 is 41.1 Å². The second-order valence-electron chi connectivity index (χ2n) is 15.0. The number of hydrogen-bond donors (Lipinski definition) is 4. The van der Waals surface area contributed by atoms with Crippen LogP contribution < -0.4 is 21.7 Å². The van der Waals surface area contributed by atoms with E-state index in [2.05, 4.69) is 16.0 Å². The quantitative estimate of drug-likeness (QED) is 0.124. The van der Waals surface area contributed by atoms with E-state index in [1.165, 1.54) is 20.8 Å². The Labute approximate surface area is 316 Å². The zero-order valence-corrected chi connectivity index (χ0v) is 31.6. The lowest BCUT2D eigenvalue weighted by molar-refractivity contribution is -0.158. The normalized spacial score (nSPS) is 27.5. The van der Waals surface area contributed by atoms with Gasteiger partial charge in [0, 0.05) is 31.7 Å². The lowest BCUT2D eigenvalue weighted by atomic mass is 9.91. The zero-order chi connectivity index (χ0) is 38.9. The number of esters is 1. The van der Waals surface area contributed by atoms with E-state index in [1.54, 1.807) is 37.3 Å². The van der Waals surface area contributed by atoms with Crippen molar-refractivity contribution in [2.24, 2.45) is 5.92 Å². The van der Waals surface area contributed by atoms with Gasteiger partial charge in [0.2, 0.25) is 35.4 Å². The summed E-state index contributed by atoms with van der Waals surface area (Å²) in [6, 6.07) is 0.660. The molecule has 4 aliphatic rings. The van der Waals surface area contributed by atoms with E-state index in [1.807, 2.05) is 13.8 Å². The second kappa shape index (κ2) is 18.4. The summed E-state index contributed by atoms with van der Waals surface area (Å²) in [6.07, 6.45) is 8.47. The molecule has 5 rings (SSSR count). The molecule has 5 N–H and O–H groups in total. The Morgan fingerprint density at radius 1 is 0.944 bits per heavy atom. The van der Waals surface area contributed by atoms with Gasteiger partial charge >= 0.3 is 5.97 Å². The van der Waals surface area contributed by atoms with Gasteiger partial charge in [-0.2, -0.15) is 0 Å². The average Bonchev–Trinajstić information content (AvgIpc) is 3.84. The molecule has 1 unspecified atom stereocenters. The number of cyclic esters (lactones) is 1. The number of piperidine rings is 1. The largest absolute Gasteiger partial charge is 0.461 e. The third-order valence-electron chi connectivity index (χ3n) is 10.8. The number of nitrogens with zero attached hydrogens (tertiary/aromatic N) is 3. The molecule has 1 aromatic carbocycles. The molecule has 0 radical (unpaired) electrons. The number of amides is 6. The van der Waals surface area contributed by atoms with Gasteiger partial charge in [-0.15, -0.1) is 0 Å². The molecule has 0 bridgehead atoms. The molecule has 7 atom stereocenters. The molecule has 6 amide bonds. The Morgan fingerprint density at radius 3 is 2.37 bits per heavy atom. The van der Waals surface area contributed by atoms with Crippen molar-refractivity contribution in [2.45, 2.75) is 121 Å². The zero-order valence-electron chi connectivity index (χ0n) is 31.6. The Hall–Kier alpha value is -4.95. The molecule has 4 fully saturated rings. The fourth-order valence-corrected chi connectivity index (χ4v) is 7.83. The fraction of sp³-hybridized carbons (Fsp3) is 0.615. The first-order valence-electron chi connectivity index (χ1n) is 19.4. The SMILES string of the molecule is CCCC/C=C/C(=O)N[C@@H](Cc1cccc(N)c1)C(=O)N[C@H]1COC(=O)[C@@H]2CCCN2C(=O)[C@H](C)NC(=O)[C@@H]2CC(C)CCN2C(=O)[C@@H]2CCCN2C1=O. The summed E-state index contributed by atoms with van der Waals surface area (Å²) < 4.78 is 5.70. The van der Waals surface area contributed by atoms with Crippen molar-refractivity contribution in [2.75, 3.05) is 32.0 Å². The van der Waals surface area contributed by atoms with Crippen LogP contribution in [0.4, 0.5) is 5.69 Å². The first-order chi connectivity index (χ1) is 25.9. The number of allylic oxidation sites excluding steroid dienone is 1. The smallest absolute Gasteiger partial charge is 0.328 e. The van der Waals surface area contributed by atoms with Gasteiger partial charge in [-0.3, -0.25) is 28.8 Å². The van der Waals surface area contributed by atoms with Crippen LogP contribution in [-0.2, 0) is 44.7 Å². The monoisotopic (exact) mass is 749 g/mol. The van der Waals surface area contributed by atoms with Crippen LogP contribution in [0.25, 0.3) is 0 Å². The number of benzene rings is 1. The van der Waals surface area contributed by atoms with Crippen LogP contribution in [0.1, 0.15) is 84.1 Å². The van der Waals surface area contributed by atoms with Crippen LogP contribution in [0.15, 0.2) is 36.4 Å². The summed E-state index contributed by atoms with van der Waals surface area (Å²) in [6.45, 7) is 5.84. The Balaban J connectivity index is 1.45. The van der Waals surface area contributed by atoms with Crippen molar-refractivity contribution < 1.29 is 38.3 Å². The highest BCUT2D eigenvalue weighted by Crippen LogP contribution is 2.28. The maximum Gasteiger partial charge on any atom is 0.328 e.